The number of anilines is 1. The van der Waals surface area contributed by atoms with Gasteiger partial charge in [0, 0.05) is 32.2 Å². The Bertz CT molecular complexity index is 1060. The standard InChI is InChI=1S/C22H30N4O4S/c1-4-26(18-10-6-5-9-15(18)2)31(28,29)20-13-19(30-16(20)3)21-17(14-23-24-21)22(27)25-11-7-8-12-25/h5-6,9-10,13,17,21,23-24H,4,7-8,11-12,14H2,1-3H3. The van der Waals surface area contributed by atoms with Crippen LogP contribution in [0.2, 0.25) is 0 Å². The number of carbonyl (C=O) groups is 1. The fourth-order valence-electron chi connectivity index (χ4n) is 4.50. The molecular weight excluding hydrogens is 416 g/mol. The molecule has 1 aromatic heterocycles. The number of benzene rings is 1. The van der Waals surface area contributed by atoms with Crippen molar-refractivity contribution in [2.75, 3.05) is 30.5 Å². The van der Waals surface area contributed by atoms with Gasteiger partial charge in [0.2, 0.25) is 5.91 Å². The highest BCUT2D eigenvalue weighted by atomic mass is 32.2. The van der Waals surface area contributed by atoms with Gasteiger partial charge in [0.05, 0.1) is 17.6 Å². The maximum absolute atomic E-state index is 13.5. The van der Waals surface area contributed by atoms with Gasteiger partial charge in [-0.25, -0.2) is 13.8 Å². The molecule has 4 rings (SSSR count). The zero-order valence-corrected chi connectivity index (χ0v) is 19.0. The van der Waals surface area contributed by atoms with Crippen LogP contribution in [-0.2, 0) is 14.8 Å². The number of rotatable bonds is 6. The van der Waals surface area contributed by atoms with Gasteiger partial charge in [-0.1, -0.05) is 18.2 Å². The molecule has 168 valence electrons. The number of carbonyl (C=O) groups excluding carboxylic acids is 1. The molecule has 2 aromatic rings. The average molecular weight is 447 g/mol. The number of furan rings is 1. The molecule has 2 saturated heterocycles. The Kier molecular flexibility index (Phi) is 6.09. The number of nitrogens with zero attached hydrogens (tertiary/aromatic N) is 2. The summed E-state index contributed by atoms with van der Waals surface area (Å²) in [6.45, 7) is 7.69. The molecule has 8 nitrogen and oxygen atoms in total. The van der Waals surface area contributed by atoms with Crippen molar-refractivity contribution in [3.63, 3.8) is 0 Å². The third-order valence-electron chi connectivity index (χ3n) is 6.15. The van der Waals surface area contributed by atoms with Crippen molar-refractivity contribution >= 4 is 21.6 Å². The SMILES string of the molecule is CCN(c1ccccc1C)S(=O)(=O)c1cc(C2NNCC2C(=O)N2CCCC2)oc1C. The number of hydrazine groups is 1. The van der Waals surface area contributed by atoms with Crippen LogP contribution in [-0.4, -0.2) is 45.4 Å². The van der Waals surface area contributed by atoms with Crippen molar-refractivity contribution in [3.05, 3.63) is 47.4 Å². The first-order valence-electron chi connectivity index (χ1n) is 10.8. The van der Waals surface area contributed by atoms with Crippen LogP contribution in [0.3, 0.4) is 0 Å². The van der Waals surface area contributed by atoms with Gasteiger partial charge in [0.1, 0.15) is 16.4 Å². The van der Waals surface area contributed by atoms with Crippen molar-refractivity contribution in [1.29, 1.82) is 0 Å². The van der Waals surface area contributed by atoms with E-state index in [4.69, 9.17) is 4.42 Å². The molecule has 0 bridgehead atoms. The molecule has 2 aliphatic rings. The Morgan fingerprint density at radius 2 is 1.94 bits per heavy atom. The molecule has 2 aliphatic heterocycles. The maximum atomic E-state index is 13.5. The van der Waals surface area contributed by atoms with Crippen molar-refractivity contribution in [1.82, 2.24) is 15.8 Å². The van der Waals surface area contributed by atoms with Crippen molar-refractivity contribution in [2.24, 2.45) is 5.92 Å². The summed E-state index contributed by atoms with van der Waals surface area (Å²) in [5.41, 5.74) is 7.68. The molecule has 2 atom stereocenters. The first-order chi connectivity index (χ1) is 14.8. The summed E-state index contributed by atoms with van der Waals surface area (Å²) in [7, 11) is -3.82. The van der Waals surface area contributed by atoms with E-state index in [9.17, 15) is 13.2 Å². The van der Waals surface area contributed by atoms with Crippen LogP contribution in [0.25, 0.3) is 0 Å². The van der Waals surface area contributed by atoms with Gasteiger partial charge in [-0.3, -0.25) is 14.5 Å². The van der Waals surface area contributed by atoms with Gasteiger partial charge in [-0.2, -0.15) is 0 Å². The first kappa shape index (κ1) is 21.9. The van der Waals surface area contributed by atoms with Crippen molar-refractivity contribution < 1.29 is 17.6 Å². The lowest BCUT2D eigenvalue weighted by atomic mass is 9.98. The molecule has 0 radical (unpaired) electrons. The smallest absolute Gasteiger partial charge is 0.267 e. The Labute approximate surface area is 183 Å². The summed E-state index contributed by atoms with van der Waals surface area (Å²) in [5.74, 6) is 0.522. The summed E-state index contributed by atoms with van der Waals surface area (Å²) >= 11 is 0. The fraction of sp³-hybridized carbons (Fsp3) is 0.500. The highest BCUT2D eigenvalue weighted by molar-refractivity contribution is 7.92. The summed E-state index contributed by atoms with van der Waals surface area (Å²) < 4.78 is 34.4. The van der Waals surface area contributed by atoms with Crippen molar-refractivity contribution in [2.45, 2.75) is 44.6 Å². The Morgan fingerprint density at radius 1 is 1.23 bits per heavy atom. The molecule has 2 N–H and O–H groups in total. The summed E-state index contributed by atoms with van der Waals surface area (Å²) in [6, 6.07) is 8.57. The maximum Gasteiger partial charge on any atom is 0.267 e. The molecule has 9 heteroatoms. The highest BCUT2D eigenvalue weighted by Crippen LogP contribution is 2.34. The van der Waals surface area contributed by atoms with E-state index >= 15 is 0 Å². The highest BCUT2D eigenvalue weighted by Gasteiger charge is 2.40. The zero-order valence-electron chi connectivity index (χ0n) is 18.2. The van der Waals surface area contributed by atoms with E-state index in [1.807, 2.05) is 36.9 Å². The lowest BCUT2D eigenvalue weighted by molar-refractivity contribution is -0.134. The number of likely N-dealkylation sites (tertiary alicyclic amines) is 1. The van der Waals surface area contributed by atoms with Crippen LogP contribution in [0, 0.1) is 19.8 Å². The Hall–Kier alpha value is -2.36. The molecule has 2 unspecified atom stereocenters. The largest absolute Gasteiger partial charge is 0.463 e. The van der Waals surface area contributed by atoms with E-state index in [2.05, 4.69) is 10.9 Å². The van der Waals surface area contributed by atoms with Crippen LogP contribution in [0.1, 0.15) is 42.9 Å². The number of hydrogen-bond acceptors (Lipinski definition) is 6. The van der Waals surface area contributed by atoms with Crippen LogP contribution in [0.15, 0.2) is 39.6 Å². The van der Waals surface area contributed by atoms with E-state index in [0.29, 0.717) is 30.3 Å². The summed E-state index contributed by atoms with van der Waals surface area (Å²) in [6.07, 6.45) is 2.05. The van der Waals surface area contributed by atoms with E-state index < -0.39 is 16.1 Å². The summed E-state index contributed by atoms with van der Waals surface area (Å²) in [4.78, 5) is 15.0. The second-order valence-corrected chi connectivity index (χ2v) is 10.00. The monoisotopic (exact) mass is 446 g/mol. The molecule has 0 spiro atoms. The predicted octanol–water partition coefficient (Wildman–Crippen LogP) is 2.50. The minimum absolute atomic E-state index is 0.0774. The Balaban J connectivity index is 1.65. The third kappa shape index (κ3) is 3.97. The summed E-state index contributed by atoms with van der Waals surface area (Å²) in [5, 5.41) is 0. The molecule has 0 saturated carbocycles. The third-order valence-corrected chi connectivity index (χ3v) is 8.15. The number of sulfonamides is 1. The van der Waals surface area contributed by atoms with E-state index in [1.165, 1.54) is 4.31 Å². The van der Waals surface area contributed by atoms with Crippen molar-refractivity contribution in [3.8, 4) is 0 Å². The molecule has 0 aliphatic carbocycles. The second-order valence-electron chi connectivity index (χ2n) is 8.17. The van der Waals surface area contributed by atoms with Gasteiger partial charge in [0.25, 0.3) is 10.0 Å². The van der Waals surface area contributed by atoms with E-state index in [0.717, 1.165) is 31.5 Å². The van der Waals surface area contributed by atoms with Gasteiger partial charge >= 0.3 is 0 Å². The van der Waals surface area contributed by atoms with Crippen LogP contribution in [0.4, 0.5) is 5.69 Å². The van der Waals surface area contributed by atoms with E-state index in [1.54, 1.807) is 19.1 Å². The zero-order chi connectivity index (χ0) is 22.2. The van der Waals surface area contributed by atoms with E-state index in [-0.39, 0.29) is 16.7 Å². The van der Waals surface area contributed by atoms with Gasteiger partial charge in [-0.15, -0.1) is 0 Å². The van der Waals surface area contributed by atoms with Crippen LogP contribution in [0.5, 0.6) is 0 Å². The minimum atomic E-state index is -3.82. The molecular formula is C22H30N4O4S. The lowest BCUT2D eigenvalue weighted by Gasteiger charge is -2.24. The van der Waals surface area contributed by atoms with Gasteiger partial charge < -0.3 is 9.32 Å². The number of para-hydroxylation sites is 1. The molecule has 1 aromatic carbocycles. The first-order valence-corrected chi connectivity index (χ1v) is 12.2. The average Bonchev–Trinajstić information content (AvgIpc) is 3.49. The predicted molar refractivity (Wildman–Crippen MR) is 118 cm³/mol. The minimum Gasteiger partial charge on any atom is -0.463 e. The normalized spacial score (nSPS) is 21.6. The van der Waals surface area contributed by atoms with Crippen LogP contribution < -0.4 is 15.2 Å². The second kappa shape index (κ2) is 8.64. The Morgan fingerprint density at radius 3 is 2.61 bits per heavy atom. The molecule has 31 heavy (non-hydrogen) atoms. The lowest BCUT2D eigenvalue weighted by Crippen LogP contribution is -2.37. The molecule has 2 fully saturated rings. The molecule has 1 amide bonds. The number of amides is 1. The van der Waals surface area contributed by atoms with Gasteiger partial charge in [0.15, 0.2) is 0 Å². The molecule has 3 heterocycles. The number of nitrogens with one attached hydrogen (secondary N) is 2. The van der Waals surface area contributed by atoms with Gasteiger partial charge in [-0.05, 0) is 45.2 Å². The van der Waals surface area contributed by atoms with Crippen LogP contribution >= 0.6 is 0 Å². The number of aryl methyl sites for hydroxylation is 2. The topological polar surface area (TPSA) is 94.9 Å². The quantitative estimate of drug-likeness (QED) is 0.708. The fourth-order valence-corrected chi connectivity index (χ4v) is 6.21. The number of hydrogen-bond donors (Lipinski definition) is 2.